The fraction of sp³-hybridized carbons (Fsp3) is 0.364. The van der Waals surface area contributed by atoms with Gasteiger partial charge in [-0.2, -0.15) is 11.3 Å². The normalized spacial score (nSPS) is 10.6. The third kappa shape index (κ3) is 2.51. The van der Waals surface area contributed by atoms with Gasteiger partial charge in [0.1, 0.15) is 0 Å². The Morgan fingerprint density at radius 1 is 1.61 bits per heavy atom. The average Bonchev–Trinajstić information content (AvgIpc) is 2.92. The Morgan fingerprint density at radius 2 is 2.39 bits per heavy atom. The topological polar surface area (TPSA) is 73.0 Å². The van der Waals surface area contributed by atoms with Gasteiger partial charge in [0.25, 0.3) is 0 Å². The van der Waals surface area contributed by atoms with Crippen molar-refractivity contribution >= 4 is 23.0 Å². The van der Waals surface area contributed by atoms with Crippen molar-refractivity contribution in [3.8, 4) is 0 Å². The zero-order valence-electron chi connectivity index (χ0n) is 10.2. The van der Waals surface area contributed by atoms with Gasteiger partial charge >= 0.3 is 5.82 Å². The van der Waals surface area contributed by atoms with Gasteiger partial charge in [-0.3, -0.25) is 4.57 Å². The summed E-state index contributed by atoms with van der Waals surface area (Å²) in [7, 11) is 1.77. The highest BCUT2D eigenvalue weighted by atomic mass is 32.1. The maximum atomic E-state index is 10.9. The van der Waals surface area contributed by atoms with E-state index in [1.807, 2.05) is 5.38 Å². The lowest BCUT2D eigenvalue weighted by atomic mass is 10.2. The van der Waals surface area contributed by atoms with Crippen molar-refractivity contribution in [3.05, 3.63) is 38.3 Å². The number of aryl methyl sites for hydroxylation is 1. The number of hydrogen-bond acceptors (Lipinski definition) is 5. The second-order valence-corrected chi connectivity index (χ2v) is 4.74. The molecule has 0 aromatic carbocycles. The first-order valence-corrected chi connectivity index (χ1v) is 6.46. The molecule has 2 rings (SSSR count). The van der Waals surface area contributed by atoms with E-state index in [1.54, 1.807) is 29.9 Å². The highest BCUT2D eigenvalue weighted by molar-refractivity contribution is 7.07. The summed E-state index contributed by atoms with van der Waals surface area (Å²) in [4.78, 5) is 14.3. The van der Waals surface area contributed by atoms with Crippen LogP contribution in [0.3, 0.4) is 0 Å². The van der Waals surface area contributed by atoms with Crippen LogP contribution in [0.15, 0.2) is 16.8 Å². The third-order valence-electron chi connectivity index (χ3n) is 2.76. The number of rotatable bonds is 5. The lowest BCUT2D eigenvalue weighted by molar-refractivity contribution is -0.388. The zero-order valence-corrected chi connectivity index (χ0v) is 11.0. The van der Waals surface area contributed by atoms with E-state index < -0.39 is 4.92 Å². The zero-order chi connectivity index (χ0) is 13.1. The molecule has 0 spiro atoms. The fourth-order valence-corrected chi connectivity index (χ4v) is 2.38. The number of aromatic nitrogens is 2. The Kier molecular flexibility index (Phi) is 3.61. The molecule has 2 heterocycles. The summed E-state index contributed by atoms with van der Waals surface area (Å²) in [5.74, 6) is 0.979. The summed E-state index contributed by atoms with van der Waals surface area (Å²) >= 11 is 1.65. The molecule has 0 fully saturated rings. The van der Waals surface area contributed by atoms with Gasteiger partial charge in [0.05, 0.1) is 0 Å². The molecule has 96 valence electrons. The summed E-state index contributed by atoms with van der Waals surface area (Å²) in [6.45, 7) is 2.40. The standard InChI is InChI=1S/C11H14N4O2S/c1-8-13-11(15(16)17)10(14(8)2)12-5-3-9-4-6-18-7-9/h4,6-7,12H,3,5H2,1-2H3. The summed E-state index contributed by atoms with van der Waals surface area (Å²) < 4.78 is 1.70. The molecule has 0 aliphatic rings. The Labute approximate surface area is 108 Å². The quantitative estimate of drug-likeness (QED) is 0.666. The van der Waals surface area contributed by atoms with Crippen LogP contribution in [0, 0.1) is 17.0 Å². The summed E-state index contributed by atoms with van der Waals surface area (Å²) in [5.41, 5.74) is 1.23. The number of imidazole rings is 1. The molecule has 18 heavy (non-hydrogen) atoms. The van der Waals surface area contributed by atoms with E-state index in [9.17, 15) is 10.1 Å². The van der Waals surface area contributed by atoms with Crippen LogP contribution in [-0.2, 0) is 13.5 Å². The van der Waals surface area contributed by atoms with Crippen molar-refractivity contribution in [1.29, 1.82) is 0 Å². The average molecular weight is 266 g/mol. The van der Waals surface area contributed by atoms with Crippen LogP contribution in [0.4, 0.5) is 11.6 Å². The van der Waals surface area contributed by atoms with Crippen LogP contribution in [0.2, 0.25) is 0 Å². The van der Waals surface area contributed by atoms with Crippen LogP contribution >= 0.6 is 11.3 Å². The van der Waals surface area contributed by atoms with Crippen LogP contribution in [0.1, 0.15) is 11.4 Å². The molecular formula is C11H14N4O2S. The van der Waals surface area contributed by atoms with E-state index in [0.717, 1.165) is 6.42 Å². The Balaban J connectivity index is 2.06. The predicted octanol–water partition coefficient (Wildman–Crippen LogP) is 2.35. The minimum Gasteiger partial charge on any atom is -0.364 e. The molecule has 1 N–H and O–H groups in total. The Hall–Kier alpha value is -1.89. The first-order valence-electron chi connectivity index (χ1n) is 5.52. The molecule has 0 amide bonds. The summed E-state index contributed by atoms with van der Waals surface area (Å²) in [5, 5.41) is 18.0. The molecule has 0 atom stereocenters. The molecule has 2 aromatic rings. The van der Waals surface area contributed by atoms with E-state index >= 15 is 0 Å². The molecule has 0 aliphatic carbocycles. The molecule has 0 saturated heterocycles. The Bertz CT molecular complexity index is 548. The highest BCUT2D eigenvalue weighted by Gasteiger charge is 2.22. The van der Waals surface area contributed by atoms with Gasteiger partial charge in [-0.05, 0) is 38.7 Å². The minimum atomic E-state index is -0.458. The first kappa shape index (κ1) is 12.6. The molecule has 6 nitrogen and oxygen atoms in total. The Morgan fingerprint density at radius 3 is 3.00 bits per heavy atom. The monoisotopic (exact) mass is 266 g/mol. The van der Waals surface area contributed by atoms with Crippen LogP contribution in [0.5, 0.6) is 0 Å². The van der Waals surface area contributed by atoms with Gasteiger partial charge in [0.15, 0.2) is 0 Å². The second-order valence-electron chi connectivity index (χ2n) is 3.96. The molecule has 0 bridgehead atoms. The number of nitrogens with one attached hydrogen (secondary N) is 1. The van der Waals surface area contributed by atoms with Crippen molar-refractivity contribution in [2.45, 2.75) is 13.3 Å². The molecular weight excluding hydrogens is 252 g/mol. The van der Waals surface area contributed by atoms with Gasteiger partial charge in [-0.25, -0.2) is 0 Å². The lowest BCUT2D eigenvalue weighted by Gasteiger charge is -2.05. The van der Waals surface area contributed by atoms with Gasteiger partial charge in [-0.15, -0.1) is 0 Å². The number of anilines is 1. The maximum Gasteiger partial charge on any atom is 0.406 e. The molecule has 0 saturated carbocycles. The third-order valence-corrected chi connectivity index (χ3v) is 3.49. The van der Waals surface area contributed by atoms with Crippen LogP contribution in [-0.4, -0.2) is 21.0 Å². The van der Waals surface area contributed by atoms with Gasteiger partial charge in [0, 0.05) is 20.5 Å². The summed E-state index contributed by atoms with van der Waals surface area (Å²) in [6.07, 6.45) is 0.838. The van der Waals surface area contributed by atoms with E-state index in [-0.39, 0.29) is 5.82 Å². The SMILES string of the molecule is Cc1nc([N+](=O)[O-])c(NCCc2ccsc2)n1C. The molecule has 2 aromatic heterocycles. The van der Waals surface area contributed by atoms with Gasteiger partial charge < -0.3 is 15.4 Å². The number of nitro groups is 1. The molecule has 0 unspecified atom stereocenters. The first-order chi connectivity index (χ1) is 8.59. The lowest BCUT2D eigenvalue weighted by Crippen LogP contribution is -2.09. The second kappa shape index (κ2) is 5.18. The van der Waals surface area contributed by atoms with E-state index in [4.69, 9.17) is 0 Å². The number of hydrogen-bond donors (Lipinski definition) is 1. The van der Waals surface area contributed by atoms with E-state index in [1.165, 1.54) is 5.56 Å². The summed E-state index contributed by atoms with van der Waals surface area (Å²) in [6, 6.07) is 2.05. The van der Waals surface area contributed by atoms with Crippen molar-refractivity contribution in [2.75, 3.05) is 11.9 Å². The van der Waals surface area contributed by atoms with Crippen LogP contribution in [0.25, 0.3) is 0 Å². The predicted molar refractivity (Wildman–Crippen MR) is 71.1 cm³/mol. The fourth-order valence-electron chi connectivity index (χ4n) is 1.68. The maximum absolute atomic E-state index is 10.9. The largest absolute Gasteiger partial charge is 0.406 e. The van der Waals surface area contributed by atoms with Gasteiger partial charge in [-0.1, -0.05) is 0 Å². The number of thiophene rings is 1. The minimum absolute atomic E-state index is 0.111. The van der Waals surface area contributed by atoms with Crippen molar-refractivity contribution in [1.82, 2.24) is 9.55 Å². The number of nitrogens with zero attached hydrogens (tertiary/aromatic N) is 3. The molecule has 0 aliphatic heterocycles. The highest BCUT2D eigenvalue weighted by Crippen LogP contribution is 2.23. The van der Waals surface area contributed by atoms with Crippen molar-refractivity contribution in [2.24, 2.45) is 7.05 Å². The molecule has 7 heteroatoms. The van der Waals surface area contributed by atoms with Crippen LogP contribution < -0.4 is 5.32 Å². The molecule has 0 radical (unpaired) electrons. The van der Waals surface area contributed by atoms with Crippen molar-refractivity contribution in [3.63, 3.8) is 0 Å². The smallest absolute Gasteiger partial charge is 0.364 e. The van der Waals surface area contributed by atoms with E-state index in [0.29, 0.717) is 18.2 Å². The van der Waals surface area contributed by atoms with Crippen molar-refractivity contribution < 1.29 is 4.92 Å². The van der Waals surface area contributed by atoms with E-state index in [2.05, 4.69) is 21.7 Å². The van der Waals surface area contributed by atoms with Gasteiger partial charge in [0.2, 0.25) is 11.6 Å².